The van der Waals surface area contributed by atoms with Crippen LogP contribution in [-0.4, -0.2) is 15.0 Å². The van der Waals surface area contributed by atoms with E-state index in [1.807, 2.05) is 12.1 Å². The normalized spacial score (nSPS) is 13.7. The van der Waals surface area contributed by atoms with Gasteiger partial charge in [0.2, 0.25) is 10.0 Å². The average Bonchev–Trinajstić information content (AvgIpc) is 2.28. The van der Waals surface area contributed by atoms with Gasteiger partial charge in [-0.15, -0.1) is 0 Å². The molecule has 0 spiro atoms. The minimum absolute atomic E-state index is 0.335. The second-order valence-corrected chi connectivity index (χ2v) is 5.65. The second-order valence-electron chi connectivity index (χ2n) is 3.88. The molecule has 0 amide bonds. The van der Waals surface area contributed by atoms with Crippen LogP contribution in [0.4, 0.5) is 0 Å². The molecule has 1 atom stereocenters. The van der Waals surface area contributed by atoms with E-state index in [2.05, 4.69) is 18.6 Å². The van der Waals surface area contributed by atoms with Gasteiger partial charge in [0.25, 0.3) is 0 Å². The summed E-state index contributed by atoms with van der Waals surface area (Å²) in [5, 5.41) is 0. The van der Waals surface area contributed by atoms with E-state index in [9.17, 15) is 8.42 Å². The van der Waals surface area contributed by atoms with E-state index in [0.717, 1.165) is 6.42 Å². The molecule has 1 N–H and O–H groups in total. The van der Waals surface area contributed by atoms with Gasteiger partial charge in [-0.05, 0) is 30.0 Å². The molecule has 4 heteroatoms. The molecule has 0 aromatic heterocycles. The van der Waals surface area contributed by atoms with E-state index in [0.29, 0.717) is 17.4 Å². The first-order valence-electron chi connectivity index (χ1n) is 5.60. The van der Waals surface area contributed by atoms with E-state index in [-0.39, 0.29) is 0 Å². The molecule has 1 aromatic rings. The molecule has 3 nitrogen and oxygen atoms in total. The van der Waals surface area contributed by atoms with Crippen LogP contribution in [-0.2, 0) is 10.0 Å². The van der Waals surface area contributed by atoms with E-state index >= 15 is 0 Å². The Hall–Kier alpha value is -0.870. The molecule has 0 saturated carbocycles. The van der Waals surface area contributed by atoms with Gasteiger partial charge in [0.1, 0.15) is 0 Å². The number of hydrogen-bond donors (Lipinski definition) is 1. The van der Waals surface area contributed by atoms with Gasteiger partial charge in [-0.3, -0.25) is 0 Å². The number of sulfonamides is 1. The predicted octanol–water partition coefficient (Wildman–Crippen LogP) is 2.50. The first kappa shape index (κ1) is 13.2. The van der Waals surface area contributed by atoms with Crippen molar-refractivity contribution in [3.05, 3.63) is 29.8 Å². The van der Waals surface area contributed by atoms with Crippen LogP contribution in [0, 0.1) is 0 Å². The van der Waals surface area contributed by atoms with Gasteiger partial charge in [0, 0.05) is 6.54 Å². The molecule has 0 aliphatic rings. The van der Waals surface area contributed by atoms with Gasteiger partial charge in [-0.2, -0.15) is 0 Å². The highest BCUT2D eigenvalue weighted by Crippen LogP contribution is 2.20. The highest BCUT2D eigenvalue weighted by atomic mass is 32.2. The van der Waals surface area contributed by atoms with E-state index in [1.54, 1.807) is 19.1 Å². The summed E-state index contributed by atoms with van der Waals surface area (Å²) in [7, 11) is -3.31. The van der Waals surface area contributed by atoms with Crippen molar-refractivity contribution < 1.29 is 8.42 Å². The van der Waals surface area contributed by atoms with Gasteiger partial charge in [0.05, 0.1) is 4.90 Å². The van der Waals surface area contributed by atoms with Gasteiger partial charge in [-0.1, -0.05) is 32.9 Å². The summed E-state index contributed by atoms with van der Waals surface area (Å²) in [4.78, 5) is 0.335. The maximum atomic E-state index is 11.7. The average molecular weight is 241 g/mol. The minimum atomic E-state index is -3.31. The van der Waals surface area contributed by atoms with Crippen molar-refractivity contribution in [2.45, 2.75) is 38.0 Å². The highest BCUT2D eigenvalue weighted by Gasteiger charge is 2.12. The lowest BCUT2D eigenvalue weighted by Crippen LogP contribution is -2.23. The molecule has 16 heavy (non-hydrogen) atoms. The summed E-state index contributed by atoms with van der Waals surface area (Å²) in [5.74, 6) is 0.468. The third kappa shape index (κ3) is 3.06. The first-order valence-corrected chi connectivity index (χ1v) is 7.09. The Morgan fingerprint density at radius 1 is 1.19 bits per heavy atom. The zero-order chi connectivity index (χ0) is 12.2. The van der Waals surface area contributed by atoms with Gasteiger partial charge in [-0.25, -0.2) is 13.1 Å². The van der Waals surface area contributed by atoms with Gasteiger partial charge >= 0.3 is 0 Å². The van der Waals surface area contributed by atoms with Crippen LogP contribution >= 0.6 is 0 Å². The summed E-state index contributed by atoms with van der Waals surface area (Å²) < 4.78 is 25.8. The zero-order valence-corrected chi connectivity index (χ0v) is 10.8. The lowest BCUT2D eigenvalue weighted by Gasteiger charge is -2.10. The molecule has 0 unspecified atom stereocenters. The molecule has 1 rings (SSSR count). The fourth-order valence-electron chi connectivity index (χ4n) is 1.48. The predicted molar refractivity (Wildman–Crippen MR) is 66.0 cm³/mol. The topological polar surface area (TPSA) is 46.2 Å². The van der Waals surface area contributed by atoms with E-state index in [4.69, 9.17) is 0 Å². The van der Waals surface area contributed by atoms with Crippen molar-refractivity contribution in [3.63, 3.8) is 0 Å². The quantitative estimate of drug-likeness (QED) is 0.861. The summed E-state index contributed by atoms with van der Waals surface area (Å²) in [6, 6.07) is 7.11. The number of benzene rings is 1. The molecule has 0 bridgehead atoms. The first-order chi connectivity index (χ1) is 7.51. The fraction of sp³-hybridized carbons (Fsp3) is 0.500. The van der Waals surface area contributed by atoms with Crippen molar-refractivity contribution in [1.29, 1.82) is 0 Å². The Kier molecular flexibility index (Phi) is 4.50. The number of rotatable bonds is 5. The monoisotopic (exact) mass is 241 g/mol. The highest BCUT2D eigenvalue weighted by molar-refractivity contribution is 7.89. The molecule has 1 aromatic carbocycles. The molecule has 0 saturated heterocycles. The Balaban J connectivity index is 2.95. The SMILES string of the molecule is CCNS(=O)(=O)c1ccc([C@H](C)CC)cc1. The van der Waals surface area contributed by atoms with Crippen molar-refractivity contribution >= 4 is 10.0 Å². The Morgan fingerprint density at radius 3 is 2.19 bits per heavy atom. The smallest absolute Gasteiger partial charge is 0.211 e. The third-order valence-corrected chi connectivity index (χ3v) is 4.27. The van der Waals surface area contributed by atoms with Crippen LogP contribution in [0.15, 0.2) is 29.2 Å². The van der Waals surface area contributed by atoms with Crippen molar-refractivity contribution in [2.75, 3.05) is 6.54 Å². The molecular weight excluding hydrogens is 222 g/mol. The molecule has 0 radical (unpaired) electrons. The standard InChI is InChI=1S/C12H19NO2S/c1-4-10(3)11-6-8-12(9-7-11)16(14,15)13-5-2/h6-10,13H,4-5H2,1-3H3/t10-/m1/s1. The van der Waals surface area contributed by atoms with Crippen LogP contribution in [0.3, 0.4) is 0 Å². The fourth-order valence-corrected chi connectivity index (χ4v) is 2.53. The lowest BCUT2D eigenvalue weighted by atomic mass is 9.99. The molecule has 0 fully saturated rings. The van der Waals surface area contributed by atoms with E-state index < -0.39 is 10.0 Å². The summed E-state index contributed by atoms with van der Waals surface area (Å²) in [6.07, 6.45) is 1.05. The molecule has 0 heterocycles. The lowest BCUT2D eigenvalue weighted by molar-refractivity contribution is 0.584. The Labute approximate surface area is 97.9 Å². The zero-order valence-electron chi connectivity index (χ0n) is 10.0. The maximum absolute atomic E-state index is 11.7. The molecular formula is C12H19NO2S. The second kappa shape index (κ2) is 5.46. The number of nitrogens with one attached hydrogen (secondary N) is 1. The third-order valence-electron chi connectivity index (χ3n) is 2.71. The van der Waals surface area contributed by atoms with E-state index in [1.165, 1.54) is 5.56 Å². The summed E-state index contributed by atoms with van der Waals surface area (Å²) in [6.45, 7) is 6.43. The molecule has 90 valence electrons. The molecule has 0 aliphatic heterocycles. The summed E-state index contributed by atoms with van der Waals surface area (Å²) >= 11 is 0. The van der Waals surface area contributed by atoms with Crippen molar-refractivity contribution in [3.8, 4) is 0 Å². The van der Waals surface area contributed by atoms with Crippen LogP contribution in [0.5, 0.6) is 0 Å². The van der Waals surface area contributed by atoms with Crippen LogP contribution < -0.4 is 4.72 Å². The van der Waals surface area contributed by atoms with Gasteiger partial charge < -0.3 is 0 Å². The maximum Gasteiger partial charge on any atom is 0.240 e. The van der Waals surface area contributed by atoms with Crippen LogP contribution in [0.1, 0.15) is 38.7 Å². The van der Waals surface area contributed by atoms with Gasteiger partial charge in [0.15, 0.2) is 0 Å². The summed E-state index contributed by atoms with van der Waals surface area (Å²) in [5.41, 5.74) is 1.18. The number of hydrogen-bond acceptors (Lipinski definition) is 2. The largest absolute Gasteiger partial charge is 0.240 e. The molecule has 0 aliphatic carbocycles. The van der Waals surface area contributed by atoms with Crippen LogP contribution in [0.2, 0.25) is 0 Å². The van der Waals surface area contributed by atoms with Crippen molar-refractivity contribution in [2.24, 2.45) is 0 Å². The Morgan fingerprint density at radius 2 is 1.75 bits per heavy atom. The Bertz CT molecular complexity index is 423. The van der Waals surface area contributed by atoms with Crippen LogP contribution in [0.25, 0.3) is 0 Å². The minimum Gasteiger partial charge on any atom is -0.211 e. The van der Waals surface area contributed by atoms with Crippen molar-refractivity contribution in [1.82, 2.24) is 4.72 Å².